The number of hydrogen-bond acceptors (Lipinski definition) is 2. The smallest absolute Gasteiger partial charge is 0.230 e. The van der Waals surface area contributed by atoms with Crippen molar-refractivity contribution >= 4 is 17.5 Å². The maximum absolute atomic E-state index is 12.5. The summed E-state index contributed by atoms with van der Waals surface area (Å²) in [5.41, 5.74) is 2.57. The first-order valence-electron chi connectivity index (χ1n) is 6.94. The molecule has 1 saturated heterocycles. The maximum atomic E-state index is 12.5. The molecule has 1 aliphatic heterocycles. The van der Waals surface area contributed by atoms with Crippen molar-refractivity contribution in [1.82, 2.24) is 9.80 Å². The number of alkyl halides is 1. The van der Waals surface area contributed by atoms with E-state index in [1.54, 1.807) is 0 Å². The lowest BCUT2D eigenvalue weighted by molar-refractivity contribution is -0.135. The minimum atomic E-state index is 0.107. The predicted octanol–water partition coefficient (Wildman–Crippen LogP) is 1.71. The zero-order valence-electron chi connectivity index (χ0n) is 11.0. The number of carbonyl (C=O) groups excluding carboxylic acids is 1. The molecule has 0 saturated carbocycles. The summed E-state index contributed by atoms with van der Waals surface area (Å²) in [5, 5.41) is 0. The van der Waals surface area contributed by atoms with Crippen molar-refractivity contribution in [2.24, 2.45) is 0 Å². The first kappa shape index (κ1) is 12.9. The Kier molecular flexibility index (Phi) is 3.76. The zero-order valence-corrected chi connectivity index (χ0v) is 11.8. The molecule has 1 aromatic carbocycles. The van der Waals surface area contributed by atoms with Crippen LogP contribution in [0.3, 0.4) is 0 Å². The lowest BCUT2D eigenvalue weighted by atomic mass is 9.77. The van der Waals surface area contributed by atoms with Crippen molar-refractivity contribution in [1.29, 1.82) is 0 Å². The molecule has 1 amide bonds. The van der Waals surface area contributed by atoms with Gasteiger partial charge in [-0.1, -0.05) is 24.3 Å². The molecule has 1 aliphatic carbocycles. The molecule has 0 radical (unpaired) electrons. The average Bonchev–Trinajstić information content (AvgIpc) is 2.41. The Balaban J connectivity index is 1.59. The van der Waals surface area contributed by atoms with E-state index >= 15 is 0 Å². The molecule has 1 aromatic rings. The molecule has 102 valence electrons. The van der Waals surface area contributed by atoms with E-state index in [2.05, 4.69) is 17.0 Å². The Bertz CT molecular complexity index is 469. The van der Waals surface area contributed by atoms with Crippen LogP contribution in [0.1, 0.15) is 17.0 Å². The molecule has 0 bridgehead atoms. The Hall–Kier alpha value is -1.06. The van der Waals surface area contributed by atoms with Gasteiger partial charge in [-0.25, -0.2) is 0 Å². The van der Waals surface area contributed by atoms with E-state index in [1.807, 2.05) is 17.0 Å². The van der Waals surface area contributed by atoms with Crippen molar-refractivity contribution in [3.63, 3.8) is 0 Å². The number of nitrogens with zero attached hydrogens (tertiary/aromatic N) is 2. The van der Waals surface area contributed by atoms with Crippen molar-refractivity contribution in [3.8, 4) is 0 Å². The molecule has 19 heavy (non-hydrogen) atoms. The number of halogens is 1. The zero-order chi connectivity index (χ0) is 13.2. The molecule has 4 heteroatoms. The van der Waals surface area contributed by atoms with Crippen LogP contribution in [0, 0.1) is 0 Å². The van der Waals surface area contributed by atoms with E-state index in [1.165, 1.54) is 11.1 Å². The maximum Gasteiger partial charge on any atom is 0.230 e. The van der Waals surface area contributed by atoms with Crippen LogP contribution in [0.4, 0.5) is 0 Å². The second-order valence-electron chi connectivity index (χ2n) is 5.31. The van der Waals surface area contributed by atoms with Gasteiger partial charge in [-0.15, -0.1) is 11.6 Å². The SMILES string of the molecule is O=C(C1Cc2ccccc21)N1CCN(CCCl)CC1. The van der Waals surface area contributed by atoms with E-state index in [4.69, 9.17) is 11.6 Å². The highest BCUT2D eigenvalue weighted by Gasteiger charge is 2.35. The summed E-state index contributed by atoms with van der Waals surface area (Å²) >= 11 is 5.75. The van der Waals surface area contributed by atoms with Crippen LogP contribution in [0.5, 0.6) is 0 Å². The fourth-order valence-corrected chi connectivity index (χ4v) is 3.25. The summed E-state index contributed by atoms with van der Waals surface area (Å²) in [6, 6.07) is 8.28. The van der Waals surface area contributed by atoms with Crippen molar-refractivity contribution in [2.45, 2.75) is 12.3 Å². The summed E-state index contributed by atoms with van der Waals surface area (Å²) in [6.45, 7) is 4.51. The van der Waals surface area contributed by atoms with Gasteiger partial charge in [0.2, 0.25) is 5.91 Å². The first-order chi connectivity index (χ1) is 9.29. The van der Waals surface area contributed by atoms with Gasteiger partial charge in [0.15, 0.2) is 0 Å². The third kappa shape index (κ3) is 2.49. The lowest BCUT2D eigenvalue weighted by Crippen LogP contribution is -2.51. The number of piperazine rings is 1. The highest BCUT2D eigenvalue weighted by molar-refractivity contribution is 6.18. The van der Waals surface area contributed by atoms with Crippen LogP contribution >= 0.6 is 11.6 Å². The Morgan fingerprint density at radius 2 is 1.95 bits per heavy atom. The van der Waals surface area contributed by atoms with Crippen molar-refractivity contribution < 1.29 is 4.79 Å². The van der Waals surface area contributed by atoms with Gasteiger partial charge >= 0.3 is 0 Å². The summed E-state index contributed by atoms with van der Waals surface area (Å²) in [5.74, 6) is 1.09. The van der Waals surface area contributed by atoms with Crippen LogP contribution in [-0.2, 0) is 11.2 Å². The average molecular weight is 279 g/mol. The fourth-order valence-electron chi connectivity index (χ4n) is 3.01. The minimum Gasteiger partial charge on any atom is -0.340 e. The molecule has 1 unspecified atom stereocenters. The van der Waals surface area contributed by atoms with Crippen LogP contribution in [0.2, 0.25) is 0 Å². The Morgan fingerprint density at radius 3 is 2.63 bits per heavy atom. The number of fused-ring (bicyclic) bond motifs is 1. The van der Waals surface area contributed by atoms with Crippen LogP contribution < -0.4 is 0 Å². The van der Waals surface area contributed by atoms with Gasteiger partial charge < -0.3 is 4.90 Å². The molecule has 1 heterocycles. The van der Waals surface area contributed by atoms with Crippen LogP contribution in [0.25, 0.3) is 0 Å². The Morgan fingerprint density at radius 1 is 1.21 bits per heavy atom. The predicted molar refractivity (Wildman–Crippen MR) is 76.6 cm³/mol. The highest BCUT2D eigenvalue weighted by Crippen LogP contribution is 2.36. The fraction of sp³-hybridized carbons (Fsp3) is 0.533. The van der Waals surface area contributed by atoms with Crippen molar-refractivity contribution in [3.05, 3.63) is 35.4 Å². The number of carbonyl (C=O) groups is 1. The van der Waals surface area contributed by atoms with Gasteiger partial charge in [0.05, 0.1) is 5.92 Å². The van der Waals surface area contributed by atoms with Gasteiger partial charge in [0, 0.05) is 38.6 Å². The molecular weight excluding hydrogens is 260 g/mol. The van der Waals surface area contributed by atoms with E-state index in [-0.39, 0.29) is 5.92 Å². The molecular formula is C15H19ClN2O. The monoisotopic (exact) mass is 278 g/mol. The molecule has 3 nitrogen and oxygen atoms in total. The summed E-state index contributed by atoms with van der Waals surface area (Å²) in [6.07, 6.45) is 0.914. The quantitative estimate of drug-likeness (QED) is 0.786. The third-order valence-electron chi connectivity index (χ3n) is 4.24. The van der Waals surface area contributed by atoms with Crippen LogP contribution in [0.15, 0.2) is 24.3 Å². The molecule has 0 aromatic heterocycles. The van der Waals surface area contributed by atoms with Gasteiger partial charge in [-0.2, -0.15) is 0 Å². The number of amides is 1. The van der Waals surface area contributed by atoms with Crippen molar-refractivity contribution in [2.75, 3.05) is 38.6 Å². The highest BCUT2D eigenvalue weighted by atomic mass is 35.5. The third-order valence-corrected chi connectivity index (χ3v) is 4.41. The molecule has 0 N–H and O–H groups in total. The second kappa shape index (κ2) is 5.51. The second-order valence-corrected chi connectivity index (χ2v) is 5.69. The number of hydrogen-bond donors (Lipinski definition) is 0. The summed E-state index contributed by atoms with van der Waals surface area (Å²) < 4.78 is 0. The van der Waals surface area contributed by atoms with E-state index in [9.17, 15) is 4.79 Å². The lowest BCUT2D eigenvalue weighted by Gasteiger charge is -2.39. The number of benzene rings is 1. The molecule has 1 fully saturated rings. The van der Waals surface area contributed by atoms with Gasteiger partial charge in [0.1, 0.15) is 0 Å². The molecule has 2 aliphatic rings. The van der Waals surface area contributed by atoms with E-state index < -0.39 is 0 Å². The first-order valence-corrected chi connectivity index (χ1v) is 7.48. The number of rotatable bonds is 3. The van der Waals surface area contributed by atoms with Gasteiger partial charge in [-0.05, 0) is 17.5 Å². The van der Waals surface area contributed by atoms with E-state index in [0.29, 0.717) is 11.8 Å². The van der Waals surface area contributed by atoms with Gasteiger partial charge in [-0.3, -0.25) is 9.69 Å². The standard InChI is InChI=1S/C15H19ClN2O/c16-5-6-17-7-9-18(10-8-17)15(19)14-11-12-3-1-2-4-13(12)14/h1-4,14H,5-11H2. The topological polar surface area (TPSA) is 23.6 Å². The van der Waals surface area contributed by atoms with Crippen LogP contribution in [-0.4, -0.2) is 54.3 Å². The normalized spacial score (nSPS) is 22.8. The summed E-state index contributed by atoms with van der Waals surface area (Å²) in [4.78, 5) is 16.8. The minimum absolute atomic E-state index is 0.107. The van der Waals surface area contributed by atoms with Gasteiger partial charge in [0.25, 0.3) is 0 Å². The largest absolute Gasteiger partial charge is 0.340 e. The Labute approximate surface area is 119 Å². The molecule has 3 rings (SSSR count). The van der Waals surface area contributed by atoms with E-state index in [0.717, 1.165) is 39.1 Å². The molecule has 0 spiro atoms. The molecule has 1 atom stereocenters. The summed E-state index contributed by atoms with van der Waals surface area (Å²) in [7, 11) is 0.